The topological polar surface area (TPSA) is 59.2 Å². The molecule has 1 aromatic rings. The number of hydrogen-bond acceptors (Lipinski definition) is 4. The maximum atomic E-state index is 12.2. The van der Waals surface area contributed by atoms with Crippen molar-refractivity contribution in [2.45, 2.75) is 44.7 Å². The number of aryl methyl sites for hydroxylation is 1. The lowest BCUT2D eigenvalue weighted by Gasteiger charge is -2.33. The van der Waals surface area contributed by atoms with Gasteiger partial charge in [0.25, 0.3) is 5.91 Å². The second kappa shape index (κ2) is 5.14. The molecule has 17 heavy (non-hydrogen) atoms. The highest BCUT2D eigenvalue weighted by molar-refractivity contribution is 7.13. The van der Waals surface area contributed by atoms with E-state index in [2.05, 4.69) is 4.98 Å². The van der Waals surface area contributed by atoms with Crippen molar-refractivity contribution in [1.82, 2.24) is 9.88 Å². The van der Waals surface area contributed by atoms with Crippen LogP contribution in [0, 0.1) is 6.92 Å². The van der Waals surface area contributed by atoms with E-state index in [1.54, 1.807) is 6.20 Å². The molecule has 0 radical (unpaired) electrons. The van der Waals surface area contributed by atoms with Crippen LogP contribution in [0.15, 0.2) is 6.20 Å². The summed E-state index contributed by atoms with van der Waals surface area (Å²) in [4.78, 5) is 18.9. The van der Waals surface area contributed by atoms with Crippen LogP contribution >= 0.6 is 11.3 Å². The van der Waals surface area contributed by atoms with Gasteiger partial charge in [0.05, 0.1) is 11.2 Å². The lowest BCUT2D eigenvalue weighted by atomic mass is 9.91. The third-order valence-corrected chi connectivity index (χ3v) is 4.34. The minimum Gasteiger partial charge on any atom is -0.338 e. The first-order valence-corrected chi connectivity index (χ1v) is 6.84. The van der Waals surface area contributed by atoms with Crippen LogP contribution in [0.5, 0.6) is 0 Å². The summed E-state index contributed by atoms with van der Waals surface area (Å²) in [5, 5.41) is 0.937. The first-order chi connectivity index (χ1) is 8.08. The fourth-order valence-corrected chi connectivity index (χ4v) is 3.05. The summed E-state index contributed by atoms with van der Waals surface area (Å²) in [7, 11) is 1.89. The van der Waals surface area contributed by atoms with Crippen LogP contribution in [0.3, 0.4) is 0 Å². The van der Waals surface area contributed by atoms with Gasteiger partial charge < -0.3 is 10.6 Å². The molecular formula is C12H19N3OS. The molecule has 2 rings (SSSR count). The van der Waals surface area contributed by atoms with E-state index < -0.39 is 0 Å². The van der Waals surface area contributed by atoms with Crippen molar-refractivity contribution in [3.8, 4) is 0 Å². The van der Waals surface area contributed by atoms with Gasteiger partial charge in [0.15, 0.2) is 0 Å². The van der Waals surface area contributed by atoms with Crippen LogP contribution < -0.4 is 5.73 Å². The summed E-state index contributed by atoms with van der Waals surface area (Å²) in [6, 6.07) is 0.658. The Morgan fingerprint density at radius 1 is 1.47 bits per heavy atom. The number of carbonyl (C=O) groups is 1. The number of rotatable bonds is 2. The van der Waals surface area contributed by atoms with E-state index in [0.29, 0.717) is 12.1 Å². The van der Waals surface area contributed by atoms with E-state index in [-0.39, 0.29) is 5.91 Å². The zero-order valence-electron chi connectivity index (χ0n) is 10.3. The van der Waals surface area contributed by atoms with E-state index in [9.17, 15) is 4.79 Å². The minimum atomic E-state index is 0.0936. The van der Waals surface area contributed by atoms with E-state index in [1.807, 2.05) is 18.9 Å². The first kappa shape index (κ1) is 12.5. The Hall–Kier alpha value is -0.940. The Morgan fingerprint density at radius 2 is 2.12 bits per heavy atom. The van der Waals surface area contributed by atoms with Gasteiger partial charge in [-0.05, 0) is 32.6 Å². The molecule has 5 heteroatoms. The summed E-state index contributed by atoms with van der Waals surface area (Å²) in [6.45, 7) is 1.92. The number of hydrogen-bond donors (Lipinski definition) is 1. The molecule has 4 nitrogen and oxygen atoms in total. The van der Waals surface area contributed by atoms with Gasteiger partial charge in [-0.3, -0.25) is 4.79 Å². The Labute approximate surface area is 106 Å². The molecule has 0 saturated heterocycles. The van der Waals surface area contributed by atoms with Gasteiger partial charge in [-0.15, -0.1) is 11.3 Å². The lowest BCUT2D eigenvalue weighted by molar-refractivity contribution is 0.0694. The molecule has 1 fully saturated rings. The SMILES string of the molecule is Cc1ncc(C(=O)N(C)C2CCC(N)CC2)s1. The smallest absolute Gasteiger partial charge is 0.265 e. The van der Waals surface area contributed by atoms with Crippen LogP contribution in [0.4, 0.5) is 0 Å². The molecule has 1 saturated carbocycles. The summed E-state index contributed by atoms with van der Waals surface area (Å²) < 4.78 is 0. The van der Waals surface area contributed by atoms with Crippen molar-refractivity contribution in [3.05, 3.63) is 16.1 Å². The van der Waals surface area contributed by atoms with E-state index in [0.717, 1.165) is 35.6 Å². The van der Waals surface area contributed by atoms with Crippen molar-refractivity contribution in [2.75, 3.05) is 7.05 Å². The average molecular weight is 253 g/mol. The molecular weight excluding hydrogens is 234 g/mol. The Morgan fingerprint density at radius 3 is 2.65 bits per heavy atom. The monoisotopic (exact) mass is 253 g/mol. The van der Waals surface area contributed by atoms with E-state index in [4.69, 9.17) is 5.73 Å². The van der Waals surface area contributed by atoms with Crippen LogP contribution in [-0.2, 0) is 0 Å². The Bertz CT molecular complexity index is 396. The summed E-state index contributed by atoms with van der Waals surface area (Å²) >= 11 is 1.46. The molecule has 0 atom stereocenters. The second-order valence-electron chi connectivity index (χ2n) is 4.73. The van der Waals surface area contributed by atoms with Gasteiger partial charge in [-0.25, -0.2) is 4.98 Å². The molecule has 1 aliphatic carbocycles. The van der Waals surface area contributed by atoms with Gasteiger partial charge in [0, 0.05) is 19.1 Å². The van der Waals surface area contributed by atoms with Crippen molar-refractivity contribution in [3.63, 3.8) is 0 Å². The molecule has 1 aromatic heterocycles. The summed E-state index contributed by atoms with van der Waals surface area (Å²) in [5.74, 6) is 0.0936. The second-order valence-corrected chi connectivity index (χ2v) is 5.96. The molecule has 1 aliphatic rings. The Kier molecular flexibility index (Phi) is 3.79. The molecule has 0 aliphatic heterocycles. The van der Waals surface area contributed by atoms with Crippen LogP contribution in [0.25, 0.3) is 0 Å². The zero-order valence-corrected chi connectivity index (χ0v) is 11.2. The number of nitrogens with two attached hydrogens (primary N) is 1. The molecule has 0 bridgehead atoms. The molecule has 1 heterocycles. The van der Waals surface area contributed by atoms with E-state index >= 15 is 0 Å². The molecule has 2 N–H and O–H groups in total. The maximum Gasteiger partial charge on any atom is 0.265 e. The zero-order chi connectivity index (χ0) is 12.4. The average Bonchev–Trinajstić information content (AvgIpc) is 2.75. The quantitative estimate of drug-likeness (QED) is 0.874. The number of amides is 1. The van der Waals surface area contributed by atoms with Crippen molar-refractivity contribution in [2.24, 2.45) is 5.73 Å². The first-order valence-electron chi connectivity index (χ1n) is 6.03. The third kappa shape index (κ3) is 2.84. The van der Waals surface area contributed by atoms with E-state index in [1.165, 1.54) is 11.3 Å². The Balaban J connectivity index is 2.00. The van der Waals surface area contributed by atoms with Crippen LogP contribution in [-0.4, -0.2) is 34.9 Å². The minimum absolute atomic E-state index is 0.0936. The van der Waals surface area contributed by atoms with Gasteiger partial charge in [0.2, 0.25) is 0 Å². The van der Waals surface area contributed by atoms with Gasteiger partial charge in [0.1, 0.15) is 4.88 Å². The summed E-state index contributed by atoms with van der Waals surface area (Å²) in [5.41, 5.74) is 5.88. The normalized spacial score (nSPS) is 24.6. The van der Waals surface area contributed by atoms with Crippen LogP contribution in [0.2, 0.25) is 0 Å². The number of thiazole rings is 1. The number of aromatic nitrogens is 1. The predicted molar refractivity (Wildman–Crippen MR) is 69.2 cm³/mol. The van der Waals surface area contributed by atoms with Gasteiger partial charge in [-0.1, -0.05) is 0 Å². The third-order valence-electron chi connectivity index (χ3n) is 3.44. The summed E-state index contributed by atoms with van der Waals surface area (Å²) in [6.07, 6.45) is 5.74. The maximum absolute atomic E-state index is 12.2. The number of nitrogens with zero attached hydrogens (tertiary/aromatic N) is 2. The highest BCUT2D eigenvalue weighted by Gasteiger charge is 2.26. The van der Waals surface area contributed by atoms with Gasteiger partial charge >= 0.3 is 0 Å². The standard InChI is InChI=1S/C12H19N3OS/c1-8-14-7-11(17-8)12(16)15(2)10-5-3-9(13)4-6-10/h7,9-10H,3-6,13H2,1-2H3. The van der Waals surface area contributed by atoms with Crippen molar-refractivity contribution < 1.29 is 4.79 Å². The molecule has 1 amide bonds. The highest BCUT2D eigenvalue weighted by atomic mass is 32.1. The van der Waals surface area contributed by atoms with Gasteiger partial charge in [-0.2, -0.15) is 0 Å². The molecule has 0 spiro atoms. The van der Waals surface area contributed by atoms with Crippen molar-refractivity contribution in [1.29, 1.82) is 0 Å². The lowest BCUT2D eigenvalue weighted by Crippen LogP contribution is -2.41. The molecule has 94 valence electrons. The molecule has 0 aromatic carbocycles. The largest absolute Gasteiger partial charge is 0.338 e. The van der Waals surface area contributed by atoms with Crippen molar-refractivity contribution >= 4 is 17.2 Å². The predicted octanol–water partition coefficient (Wildman–Crippen LogP) is 1.79. The van der Waals surface area contributed by atoms with Crippen LogP contribution in [0.1, 0.15) is 40.4 Å². The molecule has 0 unspecified atom stereocenters. The number of carbonyl (C=O) groups excluding carboxylic acids is 1. The fraction of sp³-hybridized carbons (Fsp3) is 0.667. The highest BCUT2D eigenvalue weighted by Crippen LogP contribution is 2.23. The fourth-order valence-electron chi connectivity index (χ4n) is 2.29.